The first kappa shape index (κ1) is 15.1. The molecule has 0 radical (unpaired) electrons. The van der Waals surface area contributed by atoms with Gasteiger partial charge in [-0.3, -0.25) is 14.5 Å². The van der Waals surface area contributed by atoms with Gasteiger partial charge in [0.15, 0.2) is 6.61 Å². The fourth-order valence-corrected chi connectivity index (χ4v) is 2.53. The summed E-state index contributed by atoms with van der Waals surface area (Å²) in [5, 5.41) is 2.88. The molecule has 5 nitrogen and oxygen atoms in total. The molecule has 1 aliphatic heterocycles. The number of hydrogen-bond donors (Lipinski definition) is 1. The summed E-state index contributed by atoms with van der Waals surface area (Å²) in [5.41, 5.74) is 3.44. The Balaban J connectivity index is 1.78. The topological polar surface area (TPSA) is 58.6 Å². The average Bonchev–Trinajstić information content (AvgIpc) is 2.54. The first-order chi connectivity index (χ1) is 11.0. The van der Waals surface area contributed by atoms with E-state index in [4.69, 9.17) is 4.74 Å². The van der Waals surface area contributed by atoms with Crippen molar-refractivity contribution in [2.45, 2.75) is 13.8 Å². The van der Waals surface area contributed by atoms with E-state index in [9.17, 15) is 9.59 Å². The highest BCUT2D eigenvalue weighted by Crippen LogP contribution is 2.31. The molecule has 3 rings (SSSR count). The number of hydrogen-bond acceptors (Lipinski definition) is 3. The molecule has 0 saturated carbocycles. The van der Waals surface area contributed by atoms with Crippen molar-refractivity contribution in [3.63, 3.8) is 0 Å². The molecular formula is C18H18N2O3. The number of nitrogens with zero attached hydrogens (tertiary/aromatic N) is 1. The Kier molecular flexibility index (Phi) is 4.02. The van der Waals surface area contributed by atoms with Crippen molar-refractivity contribution in [2.24, 2.45) is 0 Å². The summed E-state index contributed by atoms with van der Waals surface area (Å²) in [4.78, 5) is 25.9. The van der Waals surface area contributed by atoms with Gasteiger partial charge in [0.05, 0.1) is 5.69 Å². The number of amides is 2. The quantitative estimate of drug-likeness (QED) is 0.948. The summed E-state index contributed by atoms with van der Waals surface area (Å²) in [6, 6.07) is 13.1. The molecule has 2 amide bonds. The molecule has 1 aliphatic rings. The van der Waals surface area contributed by atoms with E-state index in [-0.39, 0.29) is 25.0 Å². The number of para-hydroxylation sites is 2. The maximum atomic E-state index is 12.4. The number of aryl methyl sites for hydroxylation is 2. The maximum Gasteiger partial charge on any atom is 0.265 e. The molecule has 0 saturated heterocycles. The van der Waals surface area contributed by atoms with Crippen molar-refractivity contribution < 1.29 is 14.3 Å². The zero-order valence-corrected chi connectivity index (χ0v) is 13.1. The summed E-state index contributed by atoms with van der Waals surface area (Å²) < 4.78 is 5.38. The molecule has 1 N–H and O–H groups in total. The third kappa shape index (κ3) is 3.18. The molecule has 0 atom stereocenters. The van der Waals surface area contributed by atoms with Crippen LogP contribution in [0.15, 0.2) is 42.5 Å². The molecule has 0 spiro atoms. The largest absolute Gasteiger partial charge is 0.482 e. The van der Waals surface area contributed by atoms with Gasteiger partial charge in [0.1, 0.15) is 12.3 Å². The fraction of sp³-hybridized carbons (Fsp3) is 0.222. The van der Waals surface area contributed by atoms with E-state index >= 15 is 0 Å². The van der Waals surface area contributed by atoms with Crippen molar-refractivity contribution in [1.29, 1.82) is 0 Å². The van der Waals surface area contributed by atoms with Crippen LogP contribution < -0.4 is 15.0 Å². The van der Waals surface area contributed by atoms with Crippen LogP contribution in [0.25, 0.3) is 0 Å². The Morgan fingerprint density at radius 3 is 2.83 bits per heavy atom. The summed E-state index contributed by atoms with van der Waals surface area (Å²) in [6.45, 7) is 3.82. The first-order valence-electron chi connectivity index (χ1n) is 7.44. The molecular weight excluding hydrogens is 292 g/mol. The lowest BCUT2D eigenvalue weighted by Gasteiger charge is -2.28. The molecule has 1 heterocycles. The Hall–Kier alpha value is -2.82. The van der Waals surface area contributed by atoms with Gasteiger partial charge in [0.25, 0.3) is 5.91 Å². The number of anilines is 2. The minimum absolute atomic E-state index is 0.0351. The second-order valence-electron chi connectivity index (χ2n) is 5.60. The Labute approximate surface area is 134 Å². The third-order valence-electron chi connectivity index (χ3n) is 3.78. The Morgan fingerprint density at radius 2 is 2.00 bits per heavy atom. The standard InChI is InChI=1S/C18H18N2O3/c1-12-7-8-13(2)14(9-12)19-17(21)10-20-15-5-3-4-6-16(15)23-11-18(20)22/h3-9H,10-11H2,1-2H3,(H,19,21). The molecule has 0 fully saturated rings. The summed E-state index contributed by atoms with van der Waals surface area (Å²) in [5.74, 6) is 0.162. The molecule has 5 heteroatoms. The Morgan fingerprint density at radius 1 is 1.22 bits per heavy atom. The van der Waals surface area contributed by atoms with E-state index in [1.165, 1.54) is 4.90 Å². The predicted molar refractivity (Wildman–Crippen MR) is 88.8 cm³/mol. The molecule has 0 unspecified atom stereocenters. The minimum Gasteiger partial charge on any atom is -0.482 e. The van der Waals surface area contributed by atoms with E-state index in [1.54, 1.807) is 12.1 Å². The normalized spacial score (nSPS) is 13.3. The van der Waals surface area contributed by atoms with Gasteiger partial charge in [0.2, 0.25) is 5.91 Å². The zero-order chi connectivity index (χ0) is 16.4. The van der Waals surface area contributed by atoms with Crippen LogP contribution in [0.1, 0.15) is 11.1 Å². The number of rotatable bonds is 3. The van der Waals surface area contributed by atoms with E-state index in [2.05, 4.69) is 5.32 Å². The lowest BCUT2D eigenvalue weighted by molar-refractivity contribution is -0.123. The smallest absolute Gasteiger partial charge is 0.265 e. The van der Waals surface area contributed by atoms with Crippen LogP contribution in [0.3, 0.4) is 0 Å². The lowest BCUT2D eigenvalue weighted by Crippen LogP contribution is -2.43. The summed E-state index contributed by atoms with van der Waals surface area (Å²) in [6.07, 6.45) is 0. The number of fused-ring (bicyclic) bond motifs is 1. The minimum atomic E-state index is -0.233. The van der Waals surface area contributed by atoms with Crippen molar-refractivity contribution >= 4 is 23.2 Å². The summed E-state index contributed by atoms with van der Waals surface area (Å²) >= 11 is 0. The van der Waals surface area contributed by atoms with E-state index < -0.39 is 0 Å². The van der Waals surface area contributed by atoms with Crippen LogP contribution >= 0.6 is 0 Å². The molecule has 0 bridgehead atoms. The highest BCUT2D eigenvalue weighted by atomic mass is 16.5. The van der Waals surface area contributed by atoms with E-state index in [1.807, 2.05) is 44.2 Å². The number of nitrogens with one attached hydrogen (secondary N) is 1. The SMILES string of the molecule is Cc1ccc(C)c(NC(=O)CN2C(=O)COc3ccccc32)c1. The first-order valence-corrected chi connectivity index (χ1v) is 7.44. The van der Waals surface area contributed by atoms with Crippen molar-refractivity contribution in [1.82, 2.24) is 0 Å². The molecule has 118 valence electrons. The second kappa shape index (κ2) is 6.12. The van der Waals surface area contributed by atoms with Crippen molar-refractivity contribution in [2.75, 3.05) is 23.4 Å². The molecule has 0 aliphatic carbocycles. The molecule has 23 heavy (non-hydrogen) atoms. The number of carbonyl (C=O) groups excluding carboxylic acids is 2. The molecule has 2 aromatic rings. The molecule has 0 aromatic heterocycles. The highest BCUT2D eigenvalue weighted by molar-refractivity contribution is 6.05. The van der Waals surface area contributed by atoms with Crippen LogP contribution in [0.4, 0.5) is 11.4 Å². The van der Waals surface area contributed by atoms with Crippen molar-refractivity contribution in [3.8, 4) is 5.75 Å². The monoisotopic (exact) mass is 310 g/mol. The highest BCUT2D eigenvalue weighted by Gasteiger charge is 2.27. The van der Waals surface area contributed by atoms with Gasteiger partial charge in [-0.25, -0.2) is 0 Å². The predicted octanol–water partition coefficient (Wildman–Crippen LogP) is 2.67. The Bertz CT molecular complexity index is 771. The van der Waals surface area contributed by atoms with Crippen molar-refractivity contribution in [3.05, 3.63) is 53.6 Å². The zero-order valence-electron chi connectivity index (χ0n) is 13.1. The van der Waals surface area contributed by atoms with E-state index in [0.29, 0.717) is 11.4 Å². The van der Waals surface area contributed by atoms with Crippen LogP contribution in [0, 0.1) is 13.8 Å². The number of benzene rings is 2. The van der Waals surface area contributed by atoms with Crippen LogP contribution in [-0.2, 0) is 9.59 Å². The van der Waals surface area contributed by atoms with Gasteiger partial charge in [-0.05, 0) is 43.2 Å². The van der Waals surface area contributed by atoms with Crippen LogP contribution in [0.2, 0.25) is 0 Å². The maximum absolute atomic E-state index is 12.4. The average molecular weight is 310 g/mol. The van der Waals surface area contributed by atoms with Gasteiger partial charge in [-0.2, -0.15) is 0 Å². The number of carbonyl (C=O) groups is 2. The van der Waals surface area contributed by atoms with Crippen LogP contribution in [0.5, 0.6) is 5.75 Å². The summed E-state index contributed by atoms with van der Waals surface area (Å²) in [7, 11) is 0. The second-order valence-corrected chi connectivity index (χ2v) is 5.60. The van der Waals surface area contributed by atoms with Gasteiger partial charge < -0.3 is 10.1 Å². The lowest BCUT2D eigenvalue weighted by atomic mass is 10.1. The fourth-order valence-electron chi connectivity index (χ4n) is 2.53. The third-order valence-corrected chi connectivity index (χ3v) is 3.78. The number of ether oxygens (including phenoxy) is 1. The van der Waals surface area contributed by atoms with Gasteiger partial charge in [-0.15, -0.1) is 0 Å². The van der Waals surface area contributed by atoms with Gasteiger partial charge in [-0.1, -0.05) is 24.3 Å². The molecule has 2 aromatic carbocycles. The van der Waals surface area contributed by atoms with Crippen LogP contribution in [-0.4, -0.2) is 25.0 Å². The van der Waals surface area contributed by atoms with Gasteiger partial charge >= 0.3 is 0 Å². The van der Waals surface area contributed by atoms with Gasteiger partial charge in [0, 0.05) is 5.69 Å². The van der Waals surface area contributed by atoms with E-state index in [0.717, 1.165) is 16.8 Å².